The zero-order valence-corrected chi connectivity index (χ0v) is 15.5. The quantitative estimate of drug-likeness (QED) is 0.720. The number of hydrogen-bond donors (Lipinski definition) is 0. The molecule has 0 N–H and O–H groups in total. The van der Waals surface area contributed by atoms with Crippen molar-refractivity contribution >= 4 is 33.4 Å². The molecule has 1 fully saturated rings. The number of benzene rings is 2. The summed E-state index contributed by atoms with van der Waals surface area (Å²) in [4.78, 5) is 26.8. The molecule has 2 aromatic rings. The first-order chi connectivity index (χ1) is 12.6. The Balaban J connectivity index is 1.58. The molecule has 0 aromatic heterocycles. The molecule has 8 heteroatoms. The minimum Gasteiger partial charge on any atom is -0.497 e. The maximum Gasteiger partial charge on any atom is 0.263 e. The third-order valence-electron chi connectivity index (χ3n) is 4.42. The van der Waals surface area contributed by atoms with Crippen molar-refractivity contribution in [2.75, 3.05) is 12.0 Å². The number of anilines is 1. The van der Waals surface area contributed by atoms with Crippen LogP contribution in [0.15, 0.2) is 63.3 Å². The molecule has 2 aromatic carbocycles. The zero-order valence-electron chi connectivity index (χ0n) is 13.9. The van der Waals surface area contributed by atoms with Gasteiger partial charge in [0.1, 0.15) is 5.75 Å². The van der Waals surface area contributed by atoms with E-state index in [-0.39, 0.29) is 11.8 Å². The smallest absolute Gasteiger partial charge is 0.263 e. The van der Waals surface area contributed by atoms with Crippen molar-refractivity contribution in [1.82, 2.24) is 5.01 Å². The van der Waals surface area contributed by atoms with E-state index >= 15 is 0 Å². The number of amides is 2. The minimum absolute atomic E-state index is 0.315. The SMILES string of the molecule is COc1ccc(N2C(=O)[C@@H]3N=NN(Cc4cccc(Br)c4)[C@H]3C2=O)cc1. The molecule has 0 radical (unpaired) electrons. The monoisotopic (exact) mass is 414 g/mol. The Morgan fingerprint density at radius 2 is 1.88 bits per heavy atom. The topological polar surface area (TPSA) is 74.6 Å². The summed E-state index contributed by atoms with van der Waals surface area (Å²) in [6.07, 6.45) is 0. The Labute approximate surface area is 158 Å². The Morgan fingerprint density at radius 3 is 2.58 bits per heavy atom. The lowest BCUT2D eigenvalue weighted by atomic mass is 10.1. The van der Waals surface area contributed by atoms with Crippen molar-refractivity contribution in [2.24, 2.45) is 10.3 Å². The van der Waals surface area contributed by atoms with Gasteiger partial charge < -0.3 is 4.74 Å². The van der Waals surface area contributed by atoms with Gasteiger partial charge in [0.15, 0.2) is 12.1 Å². The van der Waals surface area contributed by atoms with Crippen LogP contribution in [0.4, 0.5) is 5.69 Å². The standard InChI is InChI=1S/C18H15BrN4O3/c1-26-14-7-5-13(6-8-14)23-17(24)15-16(18(23)25)22(21-20-15)10-11-3-2-4-12(19)9-11/h2-9,15-16H,10H2,1H3/t15-,16-/m1/s1. The minimum atomic E-state index is -0.795. The summed E-state index contributed by atoms with van der Waals surface area (Å²) in [5.41, 5.74) is 1.48. The molecule has 26 heavy (non-hydrogen) atoms. The van der Waals surface area contributed by atoms with Gasteiger partial charge in [0.05, 0.1) is 19.3 Å². The number of carbonyl (C=O) groups is 2. The fourth-order valence-corrected chi connectivity index (χ4v) is 3.61. The van der Waals surface area contributed by atoms with Crippen LogP contribution in [0, 0.1) is 0 Å². The summed E-state index contributed by atoms with van der Waals surface area (Å²) in [5.74, 6) is -0.0140. The van der Waals surface area contributed by atoms with Crippen LogP contribution in [0.1, 0.15) is 5.56 Å². The lowest BCUT2D eigenvalue weighted by Crippen LogP contribution is -2.39. The van der Waals surface area contributed by atoms with Gasteiger partial charge in [-0.2, -0.15) is 5.11 Å². The first-order valence-electron chi connectivity index (χ1n) is 8.02. The van der Waals surface area contributed by atoms with Gasteiger partial charge in [-0.15, -0.1) is 0 Å². The van der Waals surface area contributed by atoms with Crippen LogP contribution in [0.25, 0.3) is 0 Å². The Hall–Kier alpha value is -2.74. The van der Waals surface area contributed by atoms with E-state index in [1.54, 1.807) is 36.4 Å². The van der Waals surface area contributed by atoms with E-state index in [2.05, 4.69) is 26.3 Å². The second-order valence-electron chi connectivity index (χ2n) is 6.03. The molecule has 2 aliphatic rings. The van der Waals surface area contributed by atoms with Gasteiger partial charge in [-0.3, -0.25) is 14.6 Å². The van der Waals surface area contributed by atoms with Crippen LogP contribution in [0.3, 0.4) is 0 Å². The van der Waals surface area contributed by atoms with Crippen molar-refractivity contribution in [3.8, 4) is 5.75 Å². The highest BCUT2D eigenvalue weighted by atomic mass is 79.9. The van der Waals surface area contributed by atoms with Gasteiger partial charge in [0, 0.05) is 4.47 Å². The van der Waals surface area contributed by atoms with Crippen molar-refractivity contribution < 1.29 is 14.3 Å². The molecule has 132 valence electrons. The van der Waals surface area contributed by atoms with Crippen LogP contribution in [0.2, 0.25) is 0 Å². The Morgan fingerprint density at radius 1 is 1.12 bits per heavy atom. The fraction of sp³-hybridized carbons (Fsp3) is 0.222. The highest BCUT2D eigenvalue weighted by Crippen LogP contribution is 2.33. The molecule has 2 heterocycles. The summed E-state index contributed by atoms with van der Waals surface area (Å²) < 4.78 is 6.06. The molecule has 2 atom stereocenters. The Bertz CT molecular complexity index is 900. The molecule has 4 rings (SSSR count). The second-order valence-corrected chi connectivity index (χ2v) is 6.95. The van der Waals surface area contributed by atoms with E-state index in [0.29, 0.717) is 18.0 Å². The number of methoxy groups -OCH3 is 1. The Kier molecular flexibility index (Phi) is 4.20. The summed E-state index contributed by atoms with van der Waals surface area (Å²) in [5, 5.41) is 9.68. The number of rotatable bonds is 4. The average Bonchev–Trinajstić information content (AvgIpc) is 3.16. The van der Waals surface area contributed by atoms with Gasteiger partial charge >= 0.3 is 0 Å². The van der Waals surface area contributed by atoms with Crippen LogP contribution in [-0.4, -0.2) is 36.0 Å². The predicted molar refractivity (Wildman–Crippen MR) is 97.6 cm³/mol. The van der Waals surface area contributed by atoms with E-state index in [4.69, 9.17) is 4.74 Å². The molecule has 0 aliphatic carbocycles. The van der Waals surface area contributed by atoms with Crippen LogP contribution in [0.5, 0.6) is 5.75 Å². The molecule has 0 saturated carbocycles. The first-order valence-corrected chi connectivity index (χ1v) is 8.81. The third kappa shape index (κ3) is 2.76. The number of halogens is 1. The van der Waals surface area contributed by atoms with E-state index in [0.717, 1.165) is 10.0 Å². The van der Waals surface area contributed by atoms with Gasteiger partial charge in [-0.1, -0.05) is 33.3 Å². The molecular weight excluding hydrogens is 400 g/mol. The van der Waals surface area contributed by atoms with Crippen molar-refractivity contribution in [2.45, 2.75) is 18.6 Å². The summed E-state index contributed by atoms with van der Waals surface area (Å²) in [7, 11) is 1.56. The predicted octanol–water partition coefficient (Wildman–Crippen LogP) is 2.95. The normalized spacial score (nSPS) is 21.5. The highest BCUT2D eigenvalue weighted by Gasteiger charge is 2.54. The maximum absolute atomic E-state index is 12.9. The largest absolute Gasteiger partial charge is 0.497 e. The van der Waals surface area contributed by atoms with E-state index in [9.17, 15) is 9.59 Å². The molecule has 2 amide bonds. The third-order valence-corrected chi connectivity index (χ3v) is 4.92. The fourth-order valence-electron chi connectivity index (χ4n) is 3.16. The number of imide groups is 1. The van der Waals surface area contributed by atoms with Gasteiger partial charge in [0.25, 0.3) is 11.8 Å². The molecule has 1 saturated heterocycles. The van der Waals surface area contributed by atoms with Gasteiger partial charge in [-0.25, -0.2) is 4.90 Å². The first kappa shape index (κ1) is 16.7. The van der Waals surface area contributed by atoms with Crippen LogP contribution < -0.4 is 9.64 Å². The summed E-state index contributed by atoms with van der Waals surface area (Å²) in [6.45, 7) is 0.402. The number of fused-ring (bicyclic) bond motifs is 1. The van der Waals surface area contributed by atoms with E-state index < -0.39 is 12.1 Å². The van der Waals surface area contributed by atoms with E-state index in [1.165, 1.54) is 4.90 Å². The number of ether oxygens (including phenoxy) is 1. The molecule has 7 nitrogen and oxygen atoms in total. The van der Waals surface area contributed by atoms with Crippen LogP contribution in [-0.2, 0) is 16.1 Å². The van der Waals surface area contributed by atoms with E-state index in [1.807, 2.05) is 24.3 Å². The van der Waals surface area contributed by atoms with Gasteiger partial charge in [-0.05, 0) is 42.0 Å². The number of nitrogens with zero attached hydrogens (tertiary/aromatic N) is 4. The number of hydrogen-bond acceptors (Lipinski definition) is 6. The maximum atomic E-state index is 12.9. The number of carbonyl (C=O) groups excluding carboxylic acids is 2. The molecule has 0 unspecified atom stereocenters. The molecule has 0 bridgehead atoms. The lowest BCUT2D eigenvalue weighted by Gasteiger charge is -2.20. The average molecular weight is 415 g/mol. The molecule has 2 aliphatic heterocycles. The van der Waals surface area contributed by atoms with Gasteiger partial charge in [0.2, 0.25) is 0 Å². The van der Waals surface area contributed by atoms with Crippen LogP contribution >= 0.6 is 15.9 Å². The summed E-state index contributed by atoms with van der Waals surface area (Å²) in [6, 6.07) is 13.0. The molecule has 0 spiro atoms. The molecular formula is C18H15BrN4O3. The highest BCUT2D eigenvalue weighted by molar-refractivity contribution is 9.10. The van der Waals surface area contributed by atoms with Crippen molar-refractivity contribution in [3.63, 3.8) is 0 Å². The zero-order chi connectivity index (χ0) is 18.3. The lowest BCUT2D eigenvalue weighted by molar-refractivity contribution is -0.123. The van der Waals surface area contributed by atoms with Crippen molar-refractivity contribution in [3.05, 3.63) is 58.6 Å². The van der Waals surface area contributed by atoms with Crippen molar-refractivity contribution in [1.29, 1.82) is 0 Å². The summed E-state index contributed by atoms with van der Waals surface area (Å²) >= 11 is 3.43. The second kappa shape index (κ2) is 6.53.